The molecule has 0 heterocycles. The van der Waals surface area contributed by atoms with E-state index in [1.165, 1.54) is 7.11 Å². The van der Waals surface area contributed by atoms with Gasteiger partial charge in [-0.2, -0.15) is 0 Å². The van der Waals surface area contributed by atoms with E-state index in [4.69, 9.17) is 14.2 Å². The summed E-state index contributed by atoms with van der Waals surface area (Å²) in [4.78, 5) is 25.8. The number of ether oxygens (including phenoxy) is 3. The number of carbonyl (C=O) groups excluding carboxylic acids is 2. The van der Waals surface area contributed by atoms with Crippen LogP contribution in [0, 0.1) is 0 Å². The molecule has 10 nitrogen and oxygen atoms in total. The quantitative estimate of drug-likeness (QED) is 0.361. The Kier molecular flexibility index (Phi) is 9.55. The number of benzene rings is 3. The molecule has 11 heteroatoms. The highest BCUT2D eigenvalue weighted by Crippen LogP contribution is 2.27. The number of methoxy groups -OCH3 is 3. The lowest BCUT2D eigenvalue weighted by Crippen LogP contribution is -2.37. The number of anilines is 2. The topological polar surface area (TPSA) is 123 Å². The van der Waals surface area contributed by atoms with Crippen LogP contribution in [0.5, 0.6) is 17.2 Å². The Morgan fingerprint density at radius 3 is 2.18 bits per heavy atom. The fourth-order valence-corrected chi connectivity index (χ4v) is 4.57. The van der Waals surface area contributed by atoms with Gasteiger partial charge in [0.05, 0.1) is 44.5 Å². The van der Waals surface area contributed by atoms with Crippen LogP contribution < -0.4 is 29.1 Å². The minimum Gasteiger partial charge on any atom is -0.497 e. The van der Waals surface area contributed by atoms with Gasteiger partial charge in [0.15, 0.2) is 11.5 Å². The van der Waals surface area contributed by atoms with Crippen LogP contribution in [-0.2, 0) is 21.2 Å². The molecule has 3 rings (SSSR count). The van der Waals surface area contributed by atoms with Crippen LogP contribution in [0.3, 0.4) is 0 Å². The Balaban J connectivity index is 1.66. The highest BCUT2D eigenvalue weighted by molar-refractivity contribution is 7.92. The van der Waals surface area contributed by atoms with Crippen molar-refractivity contribution >= 4 is 33.2 Å². The third-order valence-corrected chi connectivity index (χ3v) is 6.78. The van der Waals surface area contributed by atoms with Gasteiger partial charge in [0.1, 0.15) is 12.3 Å². The van der Waals surface area contributed by atoms with Gasteiger partial charge in [-0.1, -0.05) is 18.2 Å². The first kappa shape index (κ1) is 28.3. The summed E-state index contributed by atoms with van der Waals surface area (Å²) in [5, 5.41) is 5.51. The van der Waals surface area contributed by atoms with E-state index in [9.17, 15) is 18.0 Å². The summed E-state index contributed by atoms with van der Waals surface area (Å²) in [6, 6.07) is 18.4. The Morgan fingerprint density at radius 2 is 1.55 bits per heavy atom. The molecule has 0 spiro atoms. The molecule has 0 saturated carbocycles. The van der Waals surface area contributed by atoms with Crippen molar-refractivity contribution in [3.8, 4) is 17.2 Å². The highest BCUT2D eigenvalue weighted by atomic mass is 32.2. The van der Waals surface area contributed by atoms with Crippen LogP contribution in [0.4, 0.5) is 11.4 Å². The summed E-state index contributed by atoms with van der Waals surface area (Å²) in [6.45, 7) is -0.129. The van der Waals surface area contributed by atoms with Crippen molar-refractivity contribution in [1.29, 1.82) is 0 Å². The first-order valence-corrected chi connectivity index (χ1v) is 13.5. The molecule has 38 heavy (non-hydrogen) atoms. The summed E-state index contributed by atoms with van der Waals surface area (Å²) >= 11 is 0. The Hall–Kier alpha value is -4.25. The molecule has 0 fully saturated rings. The van der Waals surface area contributed by atoms with Crippen LogP contribution >= 0.6 is 0 Å². The Bertz CT molecular complexity index is 1380. The van der Waals surface area contributed by atoms with E-state index in [1.807, 2.05) is 12.1 Å². The second-order valence-corrected chi connectivity index (χ2v) is 10.2. The molecule has 0 aliphatic carbocycles. The van der Waals surface area contributed by atoms with E-state index in [0.717, 1.165) is 16.1 Å². The van der Waals surface area contributed by atoms with E-state index < -0.39 is 22.5 Å². The van der Waals surface area contributed by atoms with Gasteiger partial charge >= 0.3 is 0 Å². The van der Waals surface area contributed by atoms with Crippen molar-refractivity contribution in [2.75, 3.05) is 50.3 Å². The normalized spacial score (nSPS) is 10.8. The molecular weight excluding hydrogens is 510 g/mol. The molecule has 0 aliphatic rings. The van der Waals surface area contributed by atoms with Gasteiger partial charge in [0, 0.05) is 6.54 Å². The van der Waals surface area contributed by atoms with E-state index in [0.29, 0.717) is 35.9 Å². The smallest absolute Gasteiger partial charge is 0.253 e. The molecule has 202 valence electrons. The number of nitrogens with one attached hydrogen (secondary N) is 2. The van der Waals surface area contributed by atoms with Gasteiger partial charge in [-0.25, -0.2) is 8.42 Å². The molecule has 0 saturated heterocycles. The van der Waals surface area contributed by atoms with Crippen LogP contribution in [0.2, 0.25) is 0 Å². The summed E-state index contributed by atoms with van der Waals surface area (Å²) in [7, 11) is 0.855. The maximum Gasteiger partial charge on any atom is 0.253 e. The number of carbonyl (C=O) groups is 2. The fraction of sp³-hybridized carbons (Fsp3) is 0.259. The lowest BCUT2D eigenvalue weighted by molar-refractivity contribution is -0.114. The Morgan fingerprint density at radius 1 is 0.868 bits per heavy atom. The van der Waals surface area contributed by atoms with E-state index in [1.54, 1.807) is 68.8 Å². The first-order valence-electron chi connectivity index (χ1n) is 11.7. The molecule has 0 radical (unpaired) electrons. The fourth-order valence-electron chi connectivity index (χ4n) is 3.71. The van der Waals surface area contributed by atoms with E-state index in [-0.39, 0.29) is 17.2 Å². The maximum absolute atomic E-state index is 12.9. The van der Waals surface area contributed by atoms with Crippen molar-refractivity contribution in [3.05, 3.63) is 77.9 Å². The molecule has 0 bridgehead atoms. The van der Waals surface area contributed by atoms with Gasteiger partial charge in [-0.05, 0) is 60.5 Å². The summed E-state index contributed by atoms with van der Waals surface area (Å²) < 4.78 is 41.4. The largest absolute Gasteiger partial charge is 0.497 e. The summed E-state index contributed by atoms with van der Waals surface area (Å²) in [5.74, 6) is 0.791. The predicted octanol–water partition coefficient (Wildman–Crippen LogP) is 3.09. The van der Waals surface area contributed by atoms with Crippen LogP contribution in [0.15, 0.2) is 66.7 Å². The number of hydrogen-bond acceptors (Lipinski definition) is 7. The zero-order valence-corrected chi connectivity index (χ0v) is 22.5. The standard InChI is InChI=1S/C27H31N3O7S/c1-35-21-12-10-20(11-13-21)30(38(4,33)34)18-26(31)29-23-8-6-5-7-22(23)27(32)28-16-15-19-9-14-24(36-2)25(17-19)37-3/h5-14,17H,15-16,18H2,1-4H3,(H,28,32)(H,29,31). The second kappa shape index (κ2) is 12.8. The molecule has 0 unspecified atom stereocenters. The minimum absolute atomic E-state index is 0.253. The van der Waals surface area contributed by atoms with E-state index >= 15 is 0 Å². The van der Waals surface area contributed by atoms with Crippen LogP contribution in [0.25, 0.3) is 0 Å². The number of hydrogen-bond donors (Lipinski definition) is 2. The average molecular weight is 542 g/mol. The van der Waals surface area contributed by atoms with Crippen molar-refractivity contribution < 1.29 is 32.2 Å². The SMILES string of the molecule is COc1ccc(N(CC(=O)Nc2ccccc2C(=O)NCCc2ccc(OC)c(OC)c2)S(C)(=O)=O)cc1. The lowest BCUT2D eigenvalue weighted by Gasteiger charge is -2.22. The molecule has 0 aromatic heterocycles. The van der Waals surface area contributed by atoms with Crippen molar-refractivity contribution in [2.24, 2.45) is 0 Å². The van der Waals surface area contributed by atoms with Gasteiger partial charge in [-0.3, -0.25) is 13.9 Å². The van der Waals surface area contributed by atoms with E-state index in [2.05, 4.69) is 10.6 Å². The zero-order valence-electron chi connectivity index (χ0n) is 21.7. The number of rotatable bonds is 12. The third-order valence-electron chi connectivity index (χ3n) is 5.64. The number of sulfonamides is 1. The number of nitrogens with zero attached hydrogens (tertiary/aromatic N) is 1. The maximum atomic E-state index is 12.9. The molecule has 3 aromatic carbocycles. The third kappa shape index (κ3) is 7.39. The first-order chi connectivity index (χ1) is 18.2. The predicted molar refractivity (Wildman–Crippen MR) is 146 cm³/mol. The lowest BCUT2D eigenvalue weighted by atomic mass is 10.1. The summed E-state index contributed by atoms with van der Waals surface area (Å²) in [5.41, 5.74) is 1.78. The van der Waals surface area contributed by atoms with Crippen LogP contribution in [-0.4, -0.2) is 60.9 Å². The van der Waals surface area contributed by atoms with Gasteiger partial charge < -0.3 is 24.8 Å². The number of para-hydroxylation sites is 1. The molecule has 0 aliphatic heterocycles. The number of amides is 2. The van der Waals surface area contributed by atoms with Gasteiger partial charge in [-0.15, -0.1) is 0 Å². The highest BCUT2D eigenvalue weighted by Gasteiger charge is 2.22. The average Bonchev–Trinajstić information content (AvgIpc) is 2.91. The molecule has 3 aromatic rings. The second-order valence-electron chi connectivity index (χ2n) is 8.26. The van der Waals surface area contributed by atoms with Crippen molar-refractivity contribution in [3.63, 3.8) is 0 Å². The monoisotopic (exact) mass is 541 g/mol. The van der Waals surface area contributed by atoms with Gasteiger partial charge in [0.25, 0.3) is 5.91 Å². The zero-order chi connectivity index (χ0) is 27.7. The van der Waals surface area contributed by atoms with Gasteiger partial charge in [0.2, 0.25) is 15.9 Å². The molecule has 2 N–H and O–H groups in total. The Labute approximate surface area is 222 Å². The van der Waals surface area contributed by atoms with Crippen LogP contribution in [0.1, 0.15) is 15.9 Å². The van der Waals surface area contributed by atoms with Crippen molar-refractivity contribution in [2.45, 2.75) is 6.42 Å². The minimum atomic E-state index is -3.76. The molecule has 0 atom stereocenters. The molecule has 2 amide bonds. The van der Waals surface area contributed by atoms with Crippen molar-refractivity contribution in [1.82, 2.24) is 5.32 Å². The summed E-state index contributed by atoms with van der Waals surface area (Å²) in [6.07, 6.45) is 1.57. The molecular formula is C27H31N3O7S.